The third-order valence-electron chi connectivity index (χ3n) is 2.88. The first-order valence-electron chi connectivity index (χ1n) is 6.25. The van der Waals surface area contributed by atoms with E-state index in [-0.39, 0.29) is 11.5 Å². The maximum absolute atomic E-state index is 12.9. The Hall–Kier alpha value is -2.44. The number of carbonyl (C=O) groups is 1. The third-order valence-corrected chi connectivity index (χ3v) is 2.88. The summed E-state index contributed by atoms with van der Waals surface area (Å²) in [6.07, 6.45) is 2.18. The lowest BCUT2D eigenvalue weighted by Gasteiger charge is -2.06. The van der Waals surface area contributed by atoms with Crippen LogP contribution in [0.5, 0.6) is 5.75 Å². The van der Waals surface area contributed by atoms with Crippen LogP contribution in [0.1, 0.15) is 23.1 Å². The molecular formula is C13H15FN4O2. The third kappa shape index (κ3) is 3.11. The van der Waals surface area contributed by atoms with Gasteiger partial charge in [0.2, 0.25) is 0 Å². The number of phenolic OH excluding ortho intramolecular Hbond substituents is 1. The average Bonchev–Trinajstić information content (AvgIpc) is 2.89. The molecule has 2 rings (SSSR count). The minimum atomic E-state index is -0.752. The summed E-state index contributed by atoms with van der Waals surface area (Å²) in [6, 6.07) is 3.47. The largest absolute Gasteiger partial charge is 0.505 e. The van der Waals surface area contributed by atoms with E-state index in [9.17, 15) is 14.3 Å². The SMILES string of the molecule is CCn1cnnc1CCNC(=O)c1ccc(F)c(O)c1. The molecule has 0 unspecified atom stereocenters. The van der Waals surface area contributed by atoms with Crippen LogP contribution in [0.25, 0.3) is 0 Å². The van der Waals surface area contributed by atoms with Crippen LogP contribution in [0.3, 0.4) is 0 Å². The van der Waals surface area contributed by atoms with Crippen LogP contribution in [0.2, 0.25) is 0 Å². The fourth-order valence-electron chi connectivity index (χ4n) is 1.78. The Bertz CT molecular complexity index is 612. The van der Waals surface area contributed by atoms with E-state index in [4.69, 9.17) is 0 Å². The Morgan fingerprint density at radius 2 is 2.30 bits per heavy atom. The second-order valence-electron chi connectivity index (χ2n) is 4.21. The van der Waals surface area contributed by atoms with Gasteiger partial charge in [0, 0.05) is 25.1 Å². The highest BCUT2D eigenvalue weighted by Gasteiger charge is 2.09. The molecule has 7 heteroatoms. The number of hydrogen-bond donors (Lipinski definition) is 2. The molecule has 0 saturated heterocycles. The molecule has 0 atom stereocenters. The Balaban J connectivity index is 1.90. The molecule has 0 aliphatic rings. The molecule has 20 heavy (non-hydrogen) atoms. The molecule has 0 saturated carbocycles. The summed E-state index contributed by atoms with van der Waals surface area (Å²) in [4.78, 5) is 11.8. The smallest absolute Gasteiger partial charge is 0.251 e. The Labute approximate surface area is 115 Å². The molecule has 6 nitrogen and oxygen atoms in total. The molecule has 0 aliphatic carbocycles. The van der Waals surface area contributed by atoms with Crippen molar-refractivity contribution in [3.63, 3.8) is 0 Å². The molecular weight excluding hydrogens is 263 g/mol. The van der Waals surface area contributed by atoms with Gasteiger partial charge in [0.05, 0.1) is 0 Å². The maximum atomic E-state index is 12.9. The van der Waals surface area contributed by atoms with Crippen molar-refractivity contribution in [1.29, 1.82) is 0 Å². The number of phenols is 1. The van der Waals surface area contributed by atoms with Crippen molar-refractivity contribution in [2.75, 3.05) is 6.54 Å². The van der Waals surface area contributed by atoms with Gasteiger partial charge in [-0.1, -0.05) is 0 Å². The molecule has 0 spiro atoms. The molecule has 1 aromatic heterocycles. The summed E-state index contributed by atoms with van der Waals surface area (Å²) < 4.78 is 14.8. The average molecular weight is 278 g/mol. The summed E-state index contributed by atoms with van der Waals surface area (Å²) in [5.74, 6) is -0.876. The second kappa shape index (κ2) is 6.14. The highest BCUT2D eigenvalue weighted by molar-refractivity contribution is 5.94. The predicted molar refractivity (Wildman–Crippen MR) is 69.8 cm³/mol. The zero-order valence-corrected chi connectivity index (χ0v) is 11.0. The highest BCUT2D eigenvalue weighted by atomic mass is 19.1. The van der Waals surface area contributed by atoms with Gasteiger partial charge < -0.3 is 15.0 Å². The first kappa shape index (κ1) is 14.0. The Kier molecular flexibility index (Phi) is 4.29. The summed E-state index contributed by atoms with van der Waals surface area (Å²) in [5, 5.41) is 19.6. The fraction of sp³-hybridized carbons (Fsp3) is 0.308. The van der Waals surface area contributed by atoms with Crippen LogP contribution in [0.4, 0.5) is 4.39 Å². The van der Waals surface area contributed by atoms with Gasteiger partial charge in [-0.3, -0.25) is 4.79 Å². The van der Waals surface area contributed by atoms with Gasteiger partial charge in [0.1, 0.15) is 12.2 Å². The number of carbonyl (C=O) groups excluding carboxylic acids is 1. The van der Waals surface area contributed by atoms with Crippen LogP contribution in [0, 0.1) is 5.82 Å². The number of aryl methyl sites for hydroxylation is 1. The van der Waals surface area contributed by atoms with Crippen LogP contribution in [-0.4, -0.2) is 32.3 Å². The lowest BCUT2D eigenvalue weighted by Crippen LogP contribution is -2.26. The van der Waals surface area contributed by atoms with E-state index in [1.54, 1.807) is 6.33 Å². The number of nitrogens with one attached hydrogen (secondary N) is 1. The van der Waals surface area contributed by atoms with Crippen molar-refractivity contribution < 1.29 is 14.3 Å². The van der Waals surface area contributed by atoms with Crippen LogP contribution < -0.4 is 5.32 Å². The molecule has 2 aromatic rings. The van der Waals surface area contributed by atoms with Crippen molar-refractivity contribution >= 4 is 5.91 Å². The zero-order chi connectivity index (χ0) is 14.5. The van der Waals surface area contributed by atoms with Crippen LogP contribution >= 0.6 is 0 Å². The van der Waals surface area contributed by atoms with Crippen molar-refractivity contribution in [1.82, 2.24) is 20.1 Å². The van der Waals surface area contributed by atoms with Crippen LogP contribution in [0.15, 0.2) is 24.5 Å². The summed E-state index contributed by atoms with van der Waals surface area (Å²) in [5.41, 5.74) is 0.209. The highest BCUT2D eigenvalue weighted by Crippen LogP contribution is 2.16. The quantitative estimate of drug-likeness (QED) is 0.858. The Morgan fingerprint density at radius 3 is 3.00 bits per heavy atom. The Morgan fingerprint density at radius 1 is 1.50 bits per heavy atom. The standard InChI is InChI=1S/C13H15FN4O2/c1-2-18-8-16-17-12(18)5-6-15-13(20)9-3-4-10(14)11(19)7-9/h3-4,7-8,19H,2,5-6H2,1H3,(H,15,20). The van der Waals surface area contributed by atoms with Gasteiger partial charge in [0.25, 0.3) is 5.91 Å². The van der Waals surface area contributed by atoms with Gasteiger partial charge in [-0.05, 0) is 25.1 Å². The van der Waals surface area contributed by atoms with E-state index in [0.29, 0.717) is 13.0 Å². The van der Waals surface area contributed by atoms with Gasteiger partial charge in [-0.2, -0.15) is 0 Å². The monoisotopic (exact) mass is 278 g/mol. The van der Waals surface area contributed by atoms with Crippen molar-refractivity contribution in [2.45, 2.75) is 19.9 Å². The molecule has 1 heterocycles. The van der Waals surface area contributed by atoms with E-state index in [2.05, 4.69) is 15.5 Å². The molecule has 0 fully saturated rings. The number of aromatic nitrogens is 3. The van der Waals surface area contributed by atoms with Gasteiger partial charge in [0.15, 0.2) is 11.6 Å². The van der Waals surface area contributed by atoms with E-state index in [1.165, 1.54) is 6.07 Å². The maximum Gasteiger partial charge on any atom is 0.251 e. The minimum absolute atomic E-state index is 0.209. The molecule has 1 amide bonds. The number of nitrogens with zero attached hydrogens (tertiary/aromatic N) is 3. The lowest BCUT2D eigenvalue weighted by atomic mass is 10.2. The number of benzene rings is 1. The predicted octanol–water partition coefficient (Wildman–Crippen LogP) is 1.12. The van der Waals surface area contributed by atoms with Crippen molar-refractivity contribution in [3.05, 3.63) is 41.7 Å². The second-order valence-corrected chi connectivity index (χ2v) is 4.21. The minimum Gasteiger partial charge on any atom is -0.505 e. The van der Waals surface area contributed by atoms with Gasteiger partial charge >= 0.3 is 0 Å². The van der Waals surface area contributed by atoms with E-state index >= 15 is 0 Å². The topological polar surface area (TPSA) is 80.0 Å². The summed E-state index contributed by atoms with van der Waals surface area (Å²) >= 11 is 0. The molecule has 0 radical (unpaired) electrons. The number of halogens is 1. The summed E-state index contributed by atoms with van der Waals surface area (Å²) in [7, 11) is 0. The van der Waals surface area contributed by atoms with Crippen molar-refractivity contribution in [3.8, 4) is 5.75 Å². The van der Waals surface area contributed by atoms with Gasteiger partial charge in [-0.25, -0.2) is 4.39 Å². The normalized spacial score (nSPS) is 10.5. The zero-order valence-electron chi connectivity index (χ0n) is 11.0. The van der Waals surface area contributed by atoms with Gasteiger partial charge in [-0.15, -0.1) is 10.2 Å². The molecule has 0 aliphatic heterocycles. The lowest BCUT2D eigenvalue weighted by molar-refractivity contribution is 0.0953. The number of aromatic hydroxyl groups is 1. The summed E-state index contributed by atoms with van der Waals surface area (Å²) in [6.45, 7) is 3.13. The molecule has 1 aromatic carbocycles. The first-order valence-corrected chi connectivity index (χ1v) is 6.25. The number of rotatable bonds is 5. The van der Waals surface area contributed by atoms with E-state index in [0.717, 1.165) is 24.5 Å². The van der Waals surface area contributed by atoms with Crippen molar-refractivity contribution in [2.24, 2.45) is 0 Å². The molecule has 0 bridgehead atoms. The molecule has 2 N–H and O–H groups in total. The number of hydrogen-bond acceptors (Lipinski definition) is 4. The number of amides is 1. The fourth-order valence-corrected chi connectivity index (χ4v) is 1.78. The van der Waals surface area contributed by atoms with E-state index < -0.39 is 11.6 Å². The van der Waals surface area contributed by atoms with Crippen LogP contribution in [-0.2, 0) is 13.0 Å². The van der Waals surface area contributed by atoms with E-state index in [1.807, 2.05) is 11.5 Å². The first-order chi connectivity index (χ1) is 9.61. The molecule has 106 valence electrons.